The minimum Gasteiger partial charge on any atom is -0.360 e. The lowest BCUT2D eigenvalue weighted by molar-refractivity contribution is 0.104. The first-order valence-corrected chi connectivity index (χ1v) is 6.96. The minimum absolute atomic E-state index is 0.175. The second-order valence-corrected chi connectivity index (χ2v) is 5.63. The maximum absolute atomic E-state index is 12.6. The van der Waals surface area contributed by atoms with Crippen molar-refractivity contribution in [1.29, 1.82) is 0 Å². The zero-order valence-corrected chi connectivity index (χ0v) is 12.4. The Labute approximate surface area is 130 Å². The van der Waals surface area contributed by atoms with Gasteiger partial charge in [-0.1, -0.05) is 40.9 Å². The maximum Gasteiger partial charge on any atom is 0.196 e. The molecule has 0 saturated carbocycles. The molecule has 5 heteroatoms. The van der Waals surface area contributed by atoms with Crippen molar-refractivity contribution in [2.45, 2.75) is 0 Å². The zero-order valence-electron chi connectivity index (χ0n) is 10.1. The molecule has 0 aliphatic rings. The summed E-state index contributed by atoms with van der Waals surface area (Å²) in [4.78, 5) is 15.6. The number of ketones is 1. The summed E-state index contributed by atoms with van der Waals surface area (Å²) in [7, 11) is 0. The molecule has 3 aromatic rings. The smallest absolute Gasteiger partial charge is 0.196 e. The molecule has 0 aliphatic heterocycles. The number of rotatable bonds is 2. The van der Waals surface area contributed by atoms with Gasteiger partial charge in [0.1, 0.15) is 0 Å². The van der Waals surface area contributed by atoms with Crippen LogP contribution in [0.5, 0.6) is 0 Å². The lowest BCUT2D eigenvalue weighted by Gasteiger charge is -2.03. The SMILES string of the molecule is O=C(c1cc(Cl)ccc1Cl)c1c[nH]c2cc(Cl)ccc12. The second kappa shape index (κ2) is 5.13. The van der Waals surface area contributed by atoms with E-state index in [0.717, 1.165) is 10.9 Å². The summed E-state index contributed by atoms with van der Waals surface area (Å²) >= 11 is 17.9. The number of nitrogens with one attached hydrogen (secondary N) is 1. The molecule has 1 aromatic heterocycles. The molecule has 2 nitrogen and oxygen atoms in total. The van der Waals surface area contributed by atoms with Gasteiger partial charge in [0.05, 0.1) is 5.02 Å². The Bertz CT molecular complexity index is 823. The molecule has 100 valence electrons. The predicted molar refractivity (Wildman–Crippen MR) is 83.2 cm³/mol. The molecule has 1 heterocycles. The number of hydrogen-bond donors (Lipinski definition) is 1. The van der Waals surface area contributed by atoms with Gasteiger partial charge in [0, 0.05) is 38.3 Å². The number of hydrogen-bond acceptors (Lipinski definition) is 1. The summed E-state index contributed by atoms with van der Waals surface area (Å²) in [5.41, 5.74) is 1.73. The van der Waals surface area contributed by atoms with Crippen LogP contribution in [0.15, 0.2) is 42.6 Å². The highest BCUT2D eigenvalue weighted by molar-refractivity contribution is 6.37. The van der Waals surface area contributed by atoms with Crippen molar-refractivity contribution in [1.82, 2.24) is 4.98 Å². The van der Waals surface area contributed by atoms with E-state index in [-0.39, 0.29) is 5.78 Å². The first-order chi connectivity index (χ1) is 9.56. The molecule has 3 rings (SSSR count). The summed E-state index contributed by atoms with van der Waals surface area (Å²) < 4.78 is 0. The van der Waals surface area contributed by atoms with Gasteiger partial charge < -0.3 is 4.98 Å². The highest BCUT2D eigenvalue weighted by atomic mass is 35.5. The number of halogens is 3. The molecule has 0 spiro atoms. The van der Waals surface area contributed by atoms with Gasteiger partial charge in [0.25, 0.3) is 0 Å². The third-order valence-corrected chi connectivity index (χ3v) is 3.86. The molecule has 0 aliphatic carbocycles. The number of aromatic nitrogens is 1. The van der Waals surface area contributed by atoms with Crippen LogP contribution in [0.1, 0.15) is 15.9 Å². The van der Waals surface area contributed by atoms with E-state index in [9.17, 15) is 4.79 Å². The van der Waals surface area contributed by atoms with E-state index in [2.05, 4.69) is 4.98 Å². The molecule has 0 radical (unpaired) electrons. The first kappa shape index (κ1) is 13.5. The fourth-order valence-electron chi connectivity index (χ4n) is 2.10. The quantitative estimate of drug-likeness (QED) is 0.632. The number of H-pyrrole nitrogens is 1. The van der Waals surface area contributed by atoms with Gasteiger partial charge in [-0.15, -0.1) is 0 Å². The van der Waals surface area contributed by atoms with Crippen LogP contribution < -0.4 is 0 Å². The number of carbonyl (C=O) groups excluding carboxylic acids is 1. The highest BCUT2D eigenvalue weighted by Crippen LogP contribution is 2.28. The third kappa shape index (κ3) is 2.31. The maximum atomic E-state index is 12.6. The fourth-order valence-corrected chi connectivity index (χ4v) is 2.65. The van der Waals surface area contributed by atoms with Crippen molar-refractivity contribution in [3.63, 3.8) is 0 Å². The van der Waals surface area contributed by atoms with Gasteiger partial charge >= 0.3 is 0 Å². The van der Waals surface area contributed by atoms with E-state index in [1.807, 2.05) is 0 Å². The van der Waals surface area contributed by atoms with Crippen molar-refractivity contribution < 1.29 is 4.79 Å². The van der Waals surface area contributed by atoms with E-state index in [1.165, 1.54) is 0 Å². The lowest BCUT2D eigenvalue weighted by atomic mass is 10.0. The van der Waals surface area contributed by atoms with Crippen LogP contribution in [0.2, 0.25) is 15.1 Å². The molecule has 20 heavy (non-hydrogen) atoms. The minimum atomic E-state index is -0.175. The molecule has 2 aromatic carbocycles. The van der Waals surface area contributed by atoms with Crippen LogP contribution in [-0.2, 0) is 0 Å². The van der Waals surface area contributed by atoms with Gasteiger partial charge in [-0.05, 0) is 30.3 Å². The Kier molecular flexibility index (Phi) is 3.47. The van der Waals surface area contributed by atoms with E-state index in [1.54, 1.807) is 42.6 Å². The Morgan fingerprint density at radius 1 is 0.900 bits per heavy atom. The van der Waals surface area contributed by atoms with E-state index >= 15 is 0 Å². The number of fused-ring (bicyclic) bond motifs is 1. The van der Waals surface area contributed by atoms with Crippen LogP contribution in [0.25, 0.3) is 10.9 Å². The van der Waals surface area contributed by atoms with Crippen molar-refractivity contribution >= 4 is 51.5 Å². The summed E-state index contributed by atoms with van der Waals surface area (Å²) in [5.74, 6) is -0.175. The van der Waals surface area contributed by atoms with Gasteiger partial charge in [-0.2, -0.15) is 0 Å². The van der Waals surface area contributed by atoms with Crippen LogP contribution in [0.4, 0.5) is 0 Å². The van der Waals surface area contributed by atoms with Gasteiger partial charge in [0.15, 0.2) is 5.78 Å². The molecular formula is C15H8Cl3NO. The van der Waals surface area contributed by atoms with Gasteiger partial charge in [0.2, 0.25) is 0 Å². The number of carbonyl (C=O) groups is 1. The van der Waals surface area contributed by atoms with Crippen LogP contribution in [0.3, 0.4) is 0 Å². The average molecular weight is 325 g/mol. The van der Waals surface area contributed by atoms with Crippen LogP contribution in [0, 0.1) is 0 Å². The van der Waals surface area contributed by atoms with E-state index in [4.69, 9.17) is 34.8 Å². The summed E-state index contributed by atoms with van der Waals surface area (Å²) in [6.07, 6.45) is 1.65. The van der Waals surface area contributed by atoms with E-state index in [0.29, 0.717) is 26.2 Å². The summed E-state index contributed by atoms with van der Waals surface area (Å²) in [6, 6.07) is 10.2. The molecule has 0 bridgehead atoms. The number of aromatic amines is 1. The lowest BCUT2D eigenvalue weighted by Crippen LogP contribution is -2.01. The molecule has 0 atom stereocenters. The Balaban J connectivity index is 2.15. The Hall–Kier alpha value is -1.48. The van der Waals surface area contributed by atoms with Crippen molar-refractivity contribution in [3.05, 3.63) is 68.8 Å². The topological polar surface area (TPSA) is 32.9 Å². The first-order valence-electron chi connectivity index (χ1n) is 5.82. The molecule has 0 saturated heterocycles. The standard InChI is InChI=1S/C15H8Cl3NO/c16-8-2-4-13(18)11(5-8)15(20)12-7-19-14-6-9(17)1-3-10(12)14/h1-7,19H. The molecular weight excluding hydrogens is 317 g/mol. The predicted octanol–water partition coefficient (Wildman–Crippen LogP) is 5.36. The monoisotopic (exact) mass is 323 g/mol. The summed E-state index contributed by atoms with van der Waals surface area (Å²) in [5, 5.41) is 2.26. The Morgan fingerprint density at radius 3 is 2.40 bits per heavy atom. The highest BCUT2D eigenvalue weighted by Gasteiger charge is 2.17. The third-order valence-electron chi connectivity index (χ3n) is 3.06. The fraction of sp³-hybridized carbons (Fsp3) is 0. The number of benzene rings is 2. The summed E-state index contributed by atoms with van der Waals surface area (Å²) in [6.45, 7) is 0. The normalized spacial score (nSPS) is 10.9. The van der Waals surface area contributed by atoms with Crippen molar-refractivity contribution in [3.8, 4) is 0 Å². The van der Waals surface area contributed by atoms with Gasteiger partial charge in [-0.3, -0.25) is 4.79 Å². The van der Waals surface area contributed by atoms with Crippen molar-refractivity contribution in [2.75, 3.05) is 0 Å². The molecule has 0 amide bonds. The molecule has 0 unspecified atom stereocenters. The molecule has 1 N–H and O–H groups in total. The largest absolute Gasteiger partial charge is 0.360 e. The van der Waals surface area contributed by atoms with Gasteiger partial charge in [-0.25, -0.2) is 0 Å². The van der Waals surface area contributed by atoms with Crippen molar-refractivity contribution in [2.24, 2.45) is 0 Å². The molecule has 0 fully saturated rings. The van der Waals surface area contributed by atoms with E-state index < -0.39 is 0 Å². The average Bonchev–Trinajstić information content (AvgIpc) is 2.83. The Morgan fingerprint density at radius 2 is 1.60 bits per heavy atom. The second-order valence-electron chi connectivity index (χ2n) is 4.35. The van der Waals surface area contributed by atoms with Crippen LogP contribution in [-0.4, -0.2) is 10.8 Å². The van der Waals surface area contributed by atoms with Crippen LogP contribution >= 0.6 is 34.8 Å². The zero-order chi connectivity index (χ0) is 14.3.